The average Bonchev–Trinajstić information content (AvgIpc) is 2.88. The number of nitrogens with one attached hydrogen (secondary N) is 1. The maximum atomic E-state index is 5.43. The van der Waals surface area contributed by atoms with Gasteiger partial charge in [-0.15, -0.1) is 0 Å². The fraction of sp³-hybridized carbons (Fsp3) is 0.231. The Hall–Kier alpha value is -2.34. The number of fused-ring (bicyclic) bond motifs is 1. The molecule has 0 bridgehead atoms. The minimum Gasteiger partial charge on any atom is -0.454 e. The zero-order valence-electron chi connectivity index (χ0n) is 10.3. The van der Waals surface area contributed by atoms with Gasteiger partial charge in [0, 0.05) is 31.0 Å². The topological polar surface area (TPSA) is 82.3 Å². The first-order valence-electron chi connectivity index (χ1n) is 5.97. The molecule has 0 unspecified atom stereocenters. The highest BCUT2D eigenvalue weighted by atomic mass is 16.7. The van der Waals surface area contributed by atoms with E-state index in [0.717, 1.165) is 29.2 Å². The predicted molar refractivity (Wildman–Crippen MR) is 69.6 cm³/mol. The standard InChI is InChI=1S/C13H14N4O2/c14-13-16-6-10(7-17-13)5-15-4-9-1-2-11-12(3-9)19-8-18-11/h1-3,6-7,15H,4-5,8H2,(H2,14,16,17). The van der Waals surface area contributed by atoms with E-state index in [1.807, 2.05) is 18.2 Å². The van der Waals surface area contributed by atoms with Crippen molar-refractivity contribution in [3.05, 3.63) is 41.7 Å². The first-order chi connectivity index (χ1) is 9.31. The summed E-state index contributed by atoms with van der Waals surface area (Å²) in [5, 5.41) is 3.31. The van der Waals surface area contributed by atoms with Gasteiger partial charge in [-0.1, -0.05) is 6.07 Å². The van der Waals surface area contributed by atoms with Crippen LogP contribution in [0.25, 0.3) is 0 Å². The highest BCUT2D eigenvalue weighted by Gasteiger charge is 2.12. The molecule has 1 aliphatic heterocycles. The summed E-state index contributed by atoms with van der Waals surface area (Å²) in [6.45, 7) is 1.73. The third-order valence-corrected chi connectivity index (χ3v) is 2.82. The van der Waals surface area contributed by atoms with Crippen molar-refractivity contribution in [2.24, 2.45) is 0 Å². The molecule has 0 radical (unpaired) electrons. The van der Waals surface area contributed by atoms with Crippen LogP contribution in [0.1, 0.15) is 11.1 Å². The molecule has 3 N–H and O–H groups in total. The summed E-state index contributed by atoms with van der Waals surface area (Å²) >= 11 is 0. The third-order valence-electron chi connectivity index (χ3n) is 2.82. The van der Waals surface area contributed by atoms with Crippen LogP contribution in [-0.4, -0.2) is 16.8 Å². The molecule has 0 saturated carbocycles. The zero-order chi connectivity index (χ0) is 13.1. The summed E-state index contributed by atoms with van der Waals surface area (Å²) in [4.78, 5) is 7.88. The first-order valence-corrected chi connectivity index (χ1v) is 5.97. The summed E-state index contributed by atoms with van der Waals surface area (Å²) in [5.74, 6) is 1.89. The number of nitrogen functional groups attached to an aromatic ring is 1. The minimum absolute atomic E-state index is 0.291. The van der Waals surface area contributed by atoms with Crippen LogP contribution in [0.5, 0.6) is 11.5 Å². The Morgan fingerprint density at radius 1 is 1.05 bits per heavy atom. The van der Waals surface area contributed by atoms with Crippen molar-refractivity contribution in [2.45, 2.75) is 13.1 Å². The molecule has 1 aromatic carbocycles. The molecule has 98 valence electrons. The molecular weight excluding hydrogens is 244 g/mol. The molecule has 3 rings (SSSR count). The van der Waals surface area contributed by atoms with E-state index >= 15 is 0 Å². The van der Waals surface area contributed by atoms with Crippen LogP contribution < -0.4 is 20.5 Å². The van der Waals surface area contributed by atoms with Crippen molar-refractivity contribution < 1.29 is 9.47 Å². The predicted octanol–water partition coefficient (Wildman–Crippen LogP) is 1.08. The van der Waals surface area contributed by atoms with Crippen LogP contribution in [0, 0.1) is 0 Å². The summed E-state index contributed by atoms with van der Waals surface area (Å²) in [7, 11) is 0. The van der Waals surface area contributed by atoms with Crippen molar-refractivity contribution in [2.75, 3.05) is 12.5 Å². The van der Waals surface area contributed by atoms with Crippen LogP contribution in [0.2, 0.25) is 0 Å². The second-order valence-corrected chi connectivity index (χ2v) is 4.24. The molecule has 1 aromatic heterocycles. The van der Waals surface area contributed by atoms with Crippen LogP contribution in [0.3, 0.4) is 0 Å². The van der Waals surface area contributed by atoms with Gasteiger partial charge in [0.05, 0.1) is 0 Å². The van der Waals surface area contributed by atoms with Gasteiger partial charge in [0.25, 0.3) is 0 Å². The third kappa shape index (κ3) is 2.74. The van der Waals surface area contributed by atoms with Gasteiger partial charge in [-0.25, -0.2) is 9.97 Å². The maximum Gasteiger partial charge on any atom is 0.231 e. The van der Waals surface area contributed by atoms with Crippen molar-refractivity contribution in [1.29, 1.82) is 0 Å². The molecule has 2 aromatic rings. The lowest BCUT2D eigenvalue weighted by Gasteiger charge is -2.05. The lowest BCUT2D eigenvalue weighted by molar-refractivity contribution is 0.174. The van der Waals surface area contributed by atoms with Crippen molar-refractivity contribution in [3.8, 4) is 11.5 Å². The van der Waals surface area contributed by atoms with Gasteiger partial charge in [-0.3, -0.25) is 0 Å². The normalized spacial score (nSPS) is 12.6. The van der Waals surface area contributed by atoms with Crippen molar-refractivity contribution in [1.82, 2.24) is 15.3 Å². The molecule has 1 aliphatic rings. The molecule has 2 heterocycles. The summed E-state index contributed by atoms with van der Waals surface area (Å²) < 4.78 is 10.6. The van der Waals surface area contributed by atoms with Gasteiger partial charge in [-0.2, -0.15) is 0 Å². The minimum atomic E-state index is 0.291. The number of nitrogens with zero attached hydrogens (tertiary/aromatic N) is 2. The SMILES string of the molecule is Nc1ncc(CNCc2ccc3c(c2)OCO3)cn1. The molecule has 19 heavy (non-hydrogen) atoms. The number of benzene rings is 1. The fourth-order valence-corrected chi connectivity index (χ4v) is 1.86. The number of rotatable bonds is 4. The van der Waals surface area contributed by atoms with Gasteiger partial charge >= 0.3 is 0 Å². The number of nitrogens with two attached hydrogens (primary N) is 1. The van der Waals surface area contributed by atoms with Crippen LogP contribution in [0.15, 0.2) is 30.6 Å². The molecule has 0 atom stereocenters. The number of anilines is 1. The van der Waals surface area contributed by atoms with Gasteiger partial charge in [0.15, 0.2) is 11.5 Å². The number of ether oxygens (including phenoxy) is 2. The van der Waals surface area contributed by atoms with Crippen LogP contribution >= 0.6 is 0 Å². The van der Waals surface area contributed by atoms with Gasteiger partial charge in [-0.05, 0) is 17.7 Å². The number of aromatic nitrogens is 2. The molecule has 0 amide bonds. The van der Waals surface area contributed by atoms with Crippen LogP contribution in [0.4, 0.5) is 5.95 Å². The Labute approximate surface area is 110 Å². The lowest BCUT2D eigenvalue weighted by atomic mass is 10.2. The highest BCUT2D eigenvalue weighted by molar-refractivity contribution is 5.44. The quantitative estimate of drug-likeness (QED) is 0.854. The molecule has 0 spiro atoms. The summed E-state index contributed by atoms with van der Waals surface area (Å²) in [6.07, 6.45) is 3.43. The monoisotopic (exact) mass is 258 g/mol. The summed E-state index contributed by atoms with van der Waals surface area (Å²) in [5.41, 5.74) is 7.56. The molecule has 0 saturated heterocycles. The van der Waals surface area contributed by atoms with Gasteiger partial charge in [0.2, 0.25) is 12.7 Å². The lowest BCUT2D eigenvalue weighted by Crippen LogP contribution is -2.13. The molecule has 6 nitrogen and oxygen atoms in total. The van der Waals surface area contributed by atoms with Crippen molar-refractivity contribution in [3.63, 3.8) is 0 Å². The van der Waals surface area contributed by atoms with E-state index in [0.29, 0.717) is 19.3 Å². The van der Waals surface area contributed by atoms with Crippen LogP contribution in [-0.2, 0) is 13.1 Å². The second-order valence-electron chi connectivity index (χ2n) is 4.24. The van der Waals surface area contributed by atoms with Gasteiger partial charge in [0.1, 0.15) is 0 Å². The van der Waals surface area contributed by atoms with Crippen molar-refractivity contribution >= 4 is 5.95 Å². The van der Waals surface area contributed by atoms with E-state index in [1.54, 1.807) is 12.4 Å². The Bertz CT molecular complexity index is 571. The van der Waals surface area contributed by atoms with E-state index in [4.69, 9.17) is 15.2 Å². The van der Waals surface area contributed by atoms with Gasteiger partial charge < -0.3 is 20.5 Å². The average molecular weight is 258 g/mol. The largest absolute Gasteiger partial charge is 0.454 e. The Balaban J connectivity index is 1.56. The smallest absolute Gasteiger partial charge is 0.231 e. The number of hydrogen-bond acceptors (Lipinski definition) is 6. The highest BCUT2D eigenvalue weighted by Crippen LogP contribution is 2.32. The Kier molecular flexibility index (Phi) is 3.16. The zero-order valence-corrected chi connectivity index (χ0v) is 10.3. The Morgan fingerprint density at radius 2 is 1.79 bits per heavy atom. The Morgan fingerprint density at radius 3 is 2.63 bits per heavy atom. The molecule has 0 fully saturated rings. The fourth-order valence-electron chi connectivity index (χ4n) is 1.86. The summed E-state index contributed by atoms with van der Waals surface area (Å²) in [6, 6.07) is 5.92. The van der Waals surface area contributed by atoms with E-state index in [2.05, 4.69) is 15.3 Å². The van der Waals surface area contributed by atoms with E-state index < -0.39 is 0 Å². The first kappa shape index (κ1) is 11.7. The molecular formula is C13H14N4O2. The second kappa shape index (κ2) is 5.11. The van der Waals surface area contributed by atoms with E-state index in [1.165, 1.54) is 0 Å². The molecule has 6 heteroatoms. The number of hydrogen-bond donors (Lipinski definition) is 2. The van der Waals surface area contributed by atoms with E-state index in [9.17, 15) is 0 Å². The molecule has 0 aliphatic carbocycles. The maximum absolute atomic E-state index is 5.43. The van der Waals surface area contributed by atoms with E-state index in [-0.39, 0.29) is 0 Å².